The van der Waals surface area contributed by atoms with Crippen molar-refractivity contribution in [1.29, 1.82) is 0 Å². The molecule has 1 aromatic rings. The van der Waals surface area contributed by atoms with E-state index in [-0.39, 0.29) is 12.3 Å². The zero-order valence-electron chi connectivity index (χ0n) is 8.51. The maximum Gasteiger partial charge on any atom is 0.382 e. The Bertz CT molecular complexity index is 329. The van der Waals surface area contributed by atoms with Gasteiger partial charge in [0.05, 0.1) is 0 Å². The van der Waals surface area contributed by atoms with E-state index in [9.17, 15) is 17.6 Å². The van der Waals surface area contributed by atoms with Crippen molar-refractivity contribution in [1.82, 2.24) is 15.5 Å². The van der Waals surface area contributed by atoms with Crippen LogP contribution in [0.15, 0.2) is 4.42 Å². The average molecular weight is 241 g/mol. The lowest BCUT2D eigenvalue weighted by Crippen LogP contribution is -2.23. The van der Waals surface area contributed by atoms with Crippen molar-refractivity contribution in [3.05, 3.63) is 11.8 Å². The van der Waals surface area contributed by atoms with Crippen LogP contribution in [0, 0.1) is 0 Å². The smallest absolute Gasteiger partial charge is 0.382 e. The fraction of sp³-hybridized carbons (Fsp3) is 0.750. The van der Waals surface area contributed by atoms with Gasteiger partial charge >= 0.3 is 12.3 Å². The lowest BCUT2D eigenvalue weighted by Gasteiger charge is -2.09. The number of aromatic nitrogens is 2. The summed E-state index contributed by atoms with van der Waals surface area (Å²) in [7, 11) is 0. The van der Waals surface area contributed by atoms with Gasteiger partial charge in [0.2, 0.25) is 5.89 Å². The van der Waals surface area contributed by atoms with Gasteiger partial charge in [-0.15, -0.1) is 10.2 Å². The van der Waals surface area contributed by atoms with Crippen LogP contribution in [0.25, 0.3) is 0 Å². The summed E-state index contributed by atoms with van der Waals surface area (Å²) in [5.74, 6) is -5.81. The topological polar surface area (TPSA) is 51.0 Å². The molecule has 0 fully saturated rings. The highest BCUT2D eigenvalue weighted by molar-refractivity contribution is 4.93. The van der Waals surface area contributed by atoms with Gasteiger partial charge in [0.1, 0.15) is 0 Å². The molecule has 4 nitrogen and oxygen atoms in total. The number of nitrogens with zero attached hydrogens (tertiary/aromatic N) is 2. The first-order valence-electron chi connectivity index (χ1n) is 4.68. The minimum absolute atomic E-state index is 0.0868. The van der Waals surface area contributed by atoms with Crippen LogP contribution < -0.4 is 5.32 Å². The Morgan fingerprint density at radius 2 is 2.06 bits per heavy atom. The molecule has 0 spiro atoms. The van der Waals surface area contributed by atoms with Crippen LogP contribution in [0.4, 0.5) is 17.6 Å². The molecule has 0 saturated carbocycles. The molecule has 0 amide bonds. The normalized spacial score (nSPS) is 12.4. The predicted molar refractivity (Wildman–Crippen MR) is 46.4 cm³/mol. The van der Waals surface area contributed by atoms with Crippen LogP contribution in [-0.2, 0) is 12.3 Å². The Hall–Kier alpha value is -1.18. The average Bonchev–Trinajstić information content (AvgIpc) is 2.67. The molecule has 1 rings (SSSR count). The summed E-state index contributed by atoms with van der Waals surface area (Å²) in [6.07, 6.45) is -3.63. The Kier molecular flexibility index (Phi) is 4.22. The third-order valence-corrected chi connectivity index (χ3v) is 1.79. The molecule has 0 atom stereocenters. The van der Waals surface area contributed by atoms with Crippen molar-refractivity contribution in [2.45, 2.75) is 25.7 Å². The van der Waals surface area contributed by atoms with E-state index in [4.69, 9.17) is 0 Å². The summed E-state index contributed by atoms with van der Waals surface area (Å²) in [6, 6.07) is 0. The van der Waals surface area contributed by atoms with E-state index < -0.39 is 18.2 Å². The second-order valence-electron chi connectivity index (χ2n) is 3.03. The number of halogens is 4. The largest absolute Gasteiger partial charge is 0.419 e. The van der Waals surface area contributed by atoms with Gasteiger partial charge in [-0.3, -0.25) is 0 Å². The first kappa shape index (κ1) is 12.9. The number of likely N-dealkylation sites (N-methyl/N-ethyl adjacent to an activating group) is 1. The third-order valence-electron chi connectivity index (χ3n) is 1.79. The van der Waals surface area contributed by atoms with E-state index in [1.165, 1.54) is 0 Å². The molecule has 1 heterocycles. The van der Waals surface area contributed by atoms with Gasteiger partial charge in [0.15, 0.2) is 0 Å². The van der Waals surface area contributed by atoms with Crippen LogP contribution in [0.1, 0.15) is 18.7 Å². The molecular weight excluding hydrogens is 230 g/mol. The summed E-state index contributed by atoms with van der Waals surface area (Å²) in [4.78, 5) is 0. The van der Waals surface area contributed by atoms with E-state index in [0.29, 0.717) is 13.1 Å². The summed E-state index contributed by atoms with van der Waals surface area (Å²) < 4.78 is 53.7. The van der Waals surface area contributed by atoms with Gasteiger partial charge in [-0.25, -0.2) is 8.78 Å². The maximum atomic E-state index is 12.7. The predicted octanol–water partition coefficient (Wildman–Crippen LogP) is 1.58. The second-order valence-corrected chi connectivity index (χ2v) is 3.03. The van der Waals surface area contributed by atoms with Crippen LogP contribution in [0.5, 0.6) is 0 Å². The number of hydrogen-bond donors (Lipinski definition) is 1. The van der Waals surface area contributed by atoms with Crippen molar-refractivity contribution in [3.63, 3.8) is 0 Å². The summed E-state index contributed by atoms with van der Waals surface area (Å²) in [5, 5.41) is 9.08. The molecule has 1 N–H and O–H groups in total. The number of alkyl halides is 4. The standard InChI is InChI=1S/C8H11F4N3O/c1-2-13-4-3-5-14-15-7(16-5)8(11,12)6(9)10/h6,13H,2-4H2,1H3. The minimum Gasteiger partial charge on any atom is -0.419 e. The first-order chi connectivity index (χ1) is 7.48. The second kappa shape index (κ2) is 5.24. The third kappa shape index (κ3) is 2.91. The molecule has 0 unspecified atom stereocenters. The lowest BCUT2D eigenvalue weighted by molar-refractivity contribution is -0.151. The van der Waals surface area contributed by atoms with Gasteiger partial charge in [-0.05, 0) is 6.54 Å². The molecule has 0 aliphatic rings. The molecule has 0 aliphatic heterocycles. The molecule has 16 heavy (non-hydrogen) atoms. The van der Waals surface area contributed by atoms with Crippen LogP contribution >= 0.6 is 0 Å². The Balaban J connectivity index is 2.64. The van der Waals surface area contributed by atoms with Gasteiger partial charge in [-0.2, -0.15) is 8.78 Å². The first-order valence-corrected chi connectivity index (χ1v) is 4.68. The van der Waals surface area contributed by atoms with E-state index >= 15 is 0 Å². The maximum absolute atomic E-state index is 12.7. The van der Waals surface area contributed by atoms with E-state index in [1.54, 1.807) is 0 Å². The minimum atomic E-state index is -4.39. The zero-order valence-corrected chi connectivity index (χ0v) is 8.51. The van der Waals surface area contributed by atoms with Gasteiger partial charge in [0, 0.05) is 13.0 Å². The van der Waals surface area contributed by atoms with Crippen molar-refractivity contribution >= 4 is 0 Å². The lowest BCUT2D eigenvalue weighted by atomic mass is 10.3. The summed E-state index contributed by atoms with van der Waals surface area (Å²) >= 11 is 0. The fourth-order valence-electron chi connectivity index (χ4n) is 0.955. The van der Waals surface area contributed by atoms with Gasteiger partial charge in [-0.1, -0.05) is 6.92 Å². The van der Waals surface area contributed by atoms with Crippen LogP contribution in [0.2, 0.25) is 0 Å². The number of rotatable bonds is 6. The Morgan fingerprint density at radius 3 is 2.62 bits per heavy atom. The Morgan fingerprint density at radius 1 is 1.38 bits per heavy atom. The molecule has 0 radical (unpaired) electrons. The van der Waals surface area contributed by atoms with Crippen molar-refractivity contribution < 1.29 is 22.0 Å². The molecule has 92 valence electrons. The van der Waals surface area contributed by atoms with Crippen molar-refractivity contribution in [2.24, 2.45) is 0 Å². The van der Waals surface area contributed by atoms with Gasteiger partial charge < -0.3 is 9.73 Å². The van der Waals surface area contributed by atoms with E-state index in [1.807, 2.05) is 6.92 Å². The van der Waals surface area contributed by atoms with Crippen molar-refractivity contribution in [2.75, 3.05) is 13.1 Å². The number of hydrogen-bond acceptors (Lipinski definition) is 4. The molecule has 0 saturated heterocycles. The highest BCUT2D eigenvalue weighted by Gasteiger charge is 2.48. The summed E-state index contributed by atoms with van der Waals surface area (Å²) in [5.41, 5.74) is 0. The Labute approximate surface area is 89.0 Å². The van der Waals surface area contributed by atoms with E-state index in [2.05, 4.69) is 19.9 Å². The SMILES string of the molecule is CCNCCc1nnc(C(F)(F)C(F)F)o1. The fourth-order valence-corrected chi connectivity index (χ4v) is 0.955. The van der Waals surface area contributed by atoms with Gasteiger partial charge in [0.25, 0.3) is 5.89 Å². The van der Waals surface area contributed by atoms with Crippen molar-refractivity contribution in [3.8, 4) is 0 Å². The highest BCUT2D eigenvalue weighted by atomic mass is 19.3. The zero-order chi connectivity index (χ0) is 12.2. The molecule has 1 aromatic heterocycles. The highest BCUT2D eigenvalue weighted by Crippen LogP contribution is 2.33. The summed E-state index contributed by atoms with van der Waals surface area (Å²) in [6.45, 7) is 3.02. The molecule has 0 bridgehead atoms. The van der Waals surface area contributed by atoms with Crippen LogP contribution in [0.3, 0.4) is 0 Å². The quantitative estimate of drug-likeness (QED) is 0.606. The molecular formula is C8H11F4N3O. The van der Waals surface area contributed by atoms with Crippen LogP contribution in [-0.4, -0.2) is 29.7 Å². The monoisotopic (exact) mass is 241 g/mol. The molecule has 0 aromatic carbocycles. The molecule has 8 heteroatoms. The number of nitrogens with one attached hydrogen (secondary N) is 1. The molecule has 0 aliphatic carbocycles. The van der Waals surface area contributed by atoms with E-state index in [0.717, 1.165) is 0 Å².